The van der Waals surface area contributed by atoms with Crippen LogP contribution in [0.5, 0.6) is 0 Å². The molecule has 1 aliphatic carbocycles. The molecule has 1 aliphatic heterocycles. The molecule has 1 saturated heterocycles. The maximum Gasteiger partial charge on any atom is 0.0697 e. The Bertz CT molecular complexity index is 619. The monoisotopic (exact) mass is 406 g/mol. The number of nitrogens with zero attached hydrogens (tertiary/aromatic N) is 2. The SMILES string of the molecule is CNCCN(C)Cc1c[nH]nc1C1CCC(OC2CC(C)(C)OC(C)(C)C2)CC1. The summed E-state index contributed by atoms with van der Waals surface area (Å²) in [6, 6.07) is 0. The van der Waals surface area contributed by atoms with Crippen molar-refractivity contribution < 1.29 is 9.47 Å². The Kier molecular flexibility index (Phi) is 7.41. The summed E-state index contributed by atoms with van der Waals surface area (Å²) in [5, 5.41) is 11.0. The van der Waals surface area contributed by atoms with E-state index >= 15 is 0 Å². The van der Waals surface area contributed by atoms with Crippen LogP contribution in [-0.2, 0) is 16.0 Å². The highest BCUT2D eigenvalue weighted by molar-refractivity contribution is 5.21. The van der Waals surface area contributed by atoms with Crippen LogP contribution in [0, 0.1) is 0 Å². The lowest BCUT2D eigenvalue weighted by Crippen LogP contribution is -2.49. The van der Waals surface area contributed by atoms with Gasteiger partial charge >= 0.3 is 0 Å². The molecule has 2 aliphatic rings. The highest BCUT2D eigenvalue weighted by Crippen LogP contribution is 2.40. The van der Waals surface area contributed by atoms with Crippen LogP contribution < -0.4 is 5.32 Å². The molecular formula is C23H42N4O2. The number of hydrogen-bond donors (Lipinski definition) is 2. The number of ether oxygens (including phenoxy) is 2. The van der Waals surface area contributed by atoms with Crippen LogP contribution in [0.15, 0.2) is 6.20 Å². The minimum absolute atomic E-state index is 0.104. The predicted octanol–water partition coefficient (Wildman–Crippen LogP) is 3.84. The Morgan fingerprint density at radius 1 is 1.14 bits per heavy atom. The van der Waals surface area contributed by atoms with Gasteiger partial charge in [-0.05, 0) is 67.5 Å². The molecule has 6 heteroatoms. The van der Waals surface area contributed by atoms with E-state index in [0.29, 0.717) is 18.1 Å². The predicted molar refractivity (Wildman–Crippen MR) is 117 cm³/mol. The van der Waals surface area contributed by atoms with Crippen LogP contribution in [0.2, 0.25) is 0 Å². The Morgan fingerprint density at radius 3 is 2.41 bits per heavy atom. The first-order valence-electron chi connectivity index (χ1n) is 11.4. The van der Waals surface area contributed by atoms with Crippen LogP contribution in [0.25, 0.3) is 0 Å². The number of aromatic amines is 1. The van der Waals surface area contributed by atoms with Gasteiger partial charge in [0.05, 0.1) is 29.1 Å². The molecule has 6 nitrogen and oxygen atoms in total. The molecule has 0 aromatic carbocycles. The highest BCUT2D eigenvalue weighted by atomic mass is 16.5. The standard InChI is InChI=1S/C23H42N4O2/c1-22(2)13-20(14-23(3,4)29-22)28-19-9-7-17(8-10-19)21-18(15-25-26-21)16-27(6)12-11-24-5/h15,17,19-20,24H,7-14,16H2,1-6H3,(H,25,26). The summed E-state index contributed by atoms with van der Waals surface area (Å²) in [6.07, 6.45) is 9.32. The largest absolute Gasteiger partial charge is 0.375 e. The fraction of sp³-hybridized carbons (Fsp3) is 0.870. The summed E-state index contributed by atoms with van der Waals surface area (Å²) in [5.74, 6) is 0.552. The first kappa shape index (κ1) is 22.7. The Morgan fingerprint density at radius 2 is 1.79 bits per heavy atom. The molecule has 29 heavy (non-hydrogen) atoms. The normalized spacial score (nSPS) is 27.4. The van der Waals surface area contributed by atoms with Crippen molar-refractivity contribution >= 4 is 0 Å². The fourth-order valence-electron chi connectivity index (χ4n) is 5.32. The molecule has 2 N–H and O–H groups in total. The van der Waals surface area contributed by atoms with Gasteiger partial charge < -0.3 is 19.7 Å². The molecule has 0 amide bonds. The second-order valence-electron chi connectivity index (χ2n) is 10.4. The van der Waals surface area contributed by atoms with Crippen molar-refractivity contribution in [1.29, 1.82) is 0 Å². The van der Waals surface area contributed by atoms with Gasteiger partial charge in [0.15, 0.2) is 0 Å². The third-order valence-corrected chi connectivity index (χ3v) is 6.37. The molecule has 0 spiro atoms. The minimum atomic E-state index is -0.104. The lowest BCUT2D eigenvalue weighted by molar-refractivity contribution is -0.206. The summed E-state index contributed by atoms with van der Waals surface area (Å²) in [6.45, 7) is 11.8. The van der Waals surface area contributed by atoms with Crippen molar-refractivity contribution in [3.8, 4) is 0 Å². The maximum atomic E-state index is 6.58. The van der Waals surface area contributed by atoms with E-state index < -0.39 is 0 Å². The molecule has 0 bridgehead atoms. The zero-order chi connectivity index (χ0) is 21.1. The summed E-state index contributed by atoms with van der Waals surface area (Å²) >= 11 is 0. The van der Waals surface area contributed by atoms with Crippen LogP contribution in [0.1, 0.15) is 83.4 Å². The summed E-state index contributed by atoms with van der Waals surface area (Å²) in [5.41, 5.74) is 2.41. The van der Waals surface area contributed by atoms with Gasteiger partial charge in [-0.3, -0.25) is 5.10 Å². The van der Waals surface area contributed by atoms with Gasteiger partial charge in [-0.25, -0.2) is 0 Å². The van der Waals surface area contributed by atoms with Crippen molar-refractivity contribution in [2.24, 2.45) is 0 Å². The van der Waals surface area contributed by atoms with E-state index in [1.54, 1.807) is 0 Å². The Labute approximate surface area is 177 Å². The van der Waals surface area contributed by atoms with E-state index in [1.165, 1.54) is 24.1 Å². The van der Waals surface area contributed by atoms with Crippen molar-refractivity contribution in [3.05, 3.63) is 17.5 Å². The van der Waals surface area contributed by atoms with Crippen molar-refractivity contribution in [2.75, 3.05) is 27.2 Å². The molecule has 166 valence electrons. The van der Waals surface area contributed by atoms with Gasteiger partial charge in [-0.15, -0.1) is 0 Å². The van der Waals surface area contributed by atoms with E-state index in [1.807, 2.05) is 7.05 Å². The second-order valence-corrected chi connectivity index (χ2v) is 10.4. The molecule has 0 unspecified atom stereocenters. The molecule has 0 radical (unpaired) electrons. The van der Waals surface area contributed by atoms with Crippen molar-refractivity contribution in [1.82, 2.24) is 20.4 Å². The number of likely N-dealkylation sites (N-methyl/N-ethyl adjacent to an activating group) is 2. The lowest BCUT2D eigenvalue weighted by Gasteiger charge is -2.46. The quantitative estimate of drug-likeness (QED) is 0.687. The van der Waals surface area contributed by atoms with E-state index in [0.717, 1.165) is 45.3 Å². The van der Waals surface area contributed by atoms with Crippen molar-refractivity contribution in [2.45, 2.75) is 102 Å². The Hall–Kier alpha value is -0.950. The van der Waals surface area contributed by atoms with Crippen LogP contribution in [-0.4, -0.2) is 65.7 Å². The van der Waals surface area contributed by atoms with Crippen LogP contribution in [0.3, 0.4) is 0 Å². The number of rotatable bonds is 8. The number of hydrogen-bond acceptors (Lipinski definition) is 5. The average Bonchev–Trinajstić information content (AvgIpc) is 3.06. The van der Waals surface area contributed by atoms with Gasteiger partial charge in [-0.1, -0.05) is 0 Å². The zero-order valence-corrected chi connectivity index (χ0v) is 19.4. The average molecular weight is 407 g/mol. The highest BCUT2D eigenvalue weighted by Gasteiger charge is 2.41. The van der Waals surface area contributed by atoms with E-state index in [-0.39, 0.29) is 11.2 Å². The minimum Gasteiger partial charge on any atom is -0.375 e. The molecule has 3 rings (SSSR count). The van der Waals surface area contributed by atoms with E-state index in [4.69, 9.17) is 9.47 Å². The maximum absolute atomic E-state index is 6.58. The lowest BCUT2D eigenvalue weighted by atomic mass is 9.83. The molecule has 2 fully saturated rings. The van der Waals surface area contributed by atoms with Gasteiger partial charge in [-0.2, -0.15) is 5.10 Å². The molecule has 1 saturated carbocycles. The summed E-state index contributed by atoms with van der Waals surface area (Å²) in [4.78, 5) is 2.36. The van der Waals surface area contributed by atoms with Gasteiger partial charge in [0.25, 0.3) is 0 Å². The molecule has 2 heterocycles. The second kappa shape index (κ2) is 9.46. The number of aromatic nitrogens is 2. The van der Waals surface area contributed by atoms with E-state index in [9.17, 15) is 0 Å². The fourth-order valence-corrected chi connectivity index (χ4v) is 5.32. The third-order valence-electron chi connectivity index (χ3n) is 6.37. The smallest absolute Gasteiger partial charge is 0.0697 e. The van der Waals surface area contributed by atoms with Gasteiger partial charge in [0.2, 0.25) is 0 Å². The van der Waals surface area contributed by atoms with E-state index in [2.05, 4.69) is 61.4 Å². The molecular weight excluding hydrogens is 364 g/mol. The third kappa shape index (κ3) is 6.51. The number of H-pyrrole nitrogens is 1. The number of nitrogens with one attached hydrogen (secondary N) is 2. The first-order chi connectivity index (χ1) is 13.7. The van der Waals surface area contributed by atoms with Crippen molar-refractivity contribution in [3.63, 3.8) is 0 Å². The Balaban J connectivity index is 1.51. The zero-order valence-electron chi connectivity index (χ0n) is 19.4. The van der Waals surface area contributed by atoms with Crippen LogP contribution >= 0.6 is 0 Å². The van der Waals surface area contributed by atoms with Gasteiger partial charge in [0.1, 0.15) is 0 Å². The summed E-state index contributed by atoms with van der Waals surface area (Å²) < 4.78 is 12.8. The topological polar surface area (TPSA) is 62.4 Å². The van der Waals surface area contributed by atoms with Crippen LogP contribution in [0.4, 0.5) is 0 Å². The molecule has 1 aromatic heterocycles. The van der Waals surface area contributed by atoms with Gasteiger partial charge in [0, 0.05) is 50.2 Å². The molecule has 1 aromatic rings. The first-order valence-corrected chi connectivity index (χ1v) is 11.4. The summed E-state index contributed by atoms with van der Waals surface area (Å²) in [7, 11) is 4.18. The molecule has 0 atom stereocenters.